The molecular formula is C48H48BrF2N9O2S2. The van der Waals surface area contributed by atoms with Gasteiger partial charge in [-0.05, 0) is 140 Å². The smallest absolute Gasteiger partial charge is 0.410 e. The standard InChI is InChI=1S/C29H32FN5O2S.C19H16BrFN4S/c1-6-23-26(33(5)27-32-24(18-38-27)20-7-10-22(30)11-8-20)35-17-21(9-12-25(35)31-23)19-13-15-34(16-14-19)28(36)37-29(2,3)4;1-3-15-18(25-10-13(20)6-9-17(25)22-15)24(2)19-23-16(11-26-19)12-4-7-14(21)8-5-12/h7-13,17-18H,6,14-16H2,1-5H3;4-11H,3H2,1-2H3. The van der Waals surface area contributed by atoms with Crippen molar-refractivity contribution in [2.45, 2.75) is 59.5 Å². The predicted molar refractivity (Wildman–Crippen MR) is 258 cm³/mol. The minimum atomic E-state index is -0.510. The number of thiazole rings is 2. The van der Waals surface area contributed by atoms with Crippen LogP contribution in [0.5, 0.6) is 0 Å². The summed E-state index contributed by atoms with van der Waals surface area (Å²) in [6.45, 7) is 11.0. The molecule has 11 nitrogen and oxygen atoms in total. The van der Waals surface area contributed by atoms with Crippen molar-refractivity contribution in [2.75, 3.05) is 37.0 Å². The second-order valence-corrected chi connectivity index (χ2v) is 18.8. The van der Waals surface area contributed by atoms with Gasteiger partial charge in [-0.2, -0.15) is 0 Å². The Morgan fingerprint density at radius 3 is 1.67 bits per heavy atom. The molecule has 16 heteroatoms. The average Bonchev–Trinajstić information content (AvgIpc) is 4.11. The van der Waals surface area contributed by atoms with Gasteiger partial charge in [0.2, 0.25) is 0 Å². The lowest BCUT2D eigenvalue weighted by Gasteiger charge is -2.29. The molecule has 7 heterocycles. The number of imidazole rings is 2. The van der Waals surface area contributed by atoms with Gasteiger partial charge in [-0.25, -0.2) is 33.5 Å². The fourth-order valence-corrected chi connectivity index (χ4v) is 9.40. The summed E-state index contributed by atoms with van der Waals surface area (Å²) in [7, 11) is 4.00. The van der Waals surface area contributed by atoms with Crippen molar-refractivity contribution < 1.29 is 18.3 Å². The Hall–Kier alpha value is -5.97. The van der Waals surface area contributed by atoms with Gasteiger partial charge in [-0.1, -0.05) is 19.9 Å². The predicted octanol–water partition coefficient (Wildman–Crippen LogP) is 12.6. The second-order valence-electron chi connectivity index (χ2n) is 16.3. The molecule has 9 rings (SSSR count). The zero-order valence-corrected chi connectivity index (χ0v) is 39.9. The summed E-state index contributed by atoms with van der Waals surface area (Å²) in [6, 6.07) is 20.9. The van der Waals surface area contributed by atoms with E-state index in [1.807, 2.05) is 70.0 Å². The number of halogens is 3. The van der Waals surface area contributed by atoms with Crippen molar-refractivity contribution in [3.63, 3.8) is 0 Å². The lowest BCUT2D eigenvalue weighted by Crippen LogP contribution is -2.39. The third-order valence-corrected chi connectivity index (χ3v) is 13.0. The third-order valence-electron chi connectivity index (χ3n) is 10.7. The number of aromatic nitrogens is 6. The van der Waals surface area contributed by atoms with Gasteiger partial charge in [-0.3, -0.25) is 8.80 Å². The maximum absolute atomic E-state index is 13.4. The highest BCUT2D eigenvalue weighted by Gasteiger charge is 2.25. The number of ether oxygens (including phenoxy) is 1. The normalized spacial score (nSPS) is 12.9. The number of carbonyl (C=O) groups excluding carboxylic acids is 1. The Balaban J connectivity index is 0.000000188. The molecule has 0 aliphatic carbocycles. The van der Waals surface area contributed by atoms with Crippen LogP contribution in [0.1, 0.15) is 58.0 Å². The van der Waals surface area contributed by atoms with Gasteiger partial charge in [0.15, 0.2) is 10.3 Å². The molecule has 0 saturated carbocycles. The number of hydrogen-bond donors (Lipinski definition) is 0. The largest absolute Gasteiger partial charge is 0.444 e. The first kappa shape index (κ1) is 44.6. The minimum absolute atomic E-state index is 0.245. The Morgan fingerprint density at radius 2 is 1.20 bits per heavy atom. The van der Waals surface area contributed by atoms with Crippen molar-refractivity contribution in [3.8, 4) is 22.5 Å². The van der Waals surface area contributed by atoms with E-state index in [1.54, 1.807) is 51.8 Å². The van der Waals surface area contributed by atoms with E-state index in [2.05, 4.69) is 66.7 Å². The highest BCUT2D eigenvalue weighted by Crippen LogP contribution is 2.36. The number of rotatable bonds is 9. The second kappa shape index (κ2) is 18.6. The molecular weight excluding hydrogens is 917 g/mol. The molecule has 1 aliphatic rings. The molecule has 0 N–H and O–H groups in total. The van der Waals surface area contributed by atoms with E-state index < -0.39 is 5.60 Å². The van der Waals surface area contributed by atoms with Crippen LogP contribution in [-0.4, -0.2) is 72.5 Å². The van der Waals surface area contributed by atoms with Crippen LogP contribution in [-0.2, 0) is 17.6 Å². The van der Waals surface area contributed by atoms with Gasteiger partial charge in [-0.15, -0.1) is 22.7 Å². The van der Waals surface area contributed by atoms with Crippen LogP contribution in [0.2, 0.25) is 0 Å². The highest BCUT2D eigenvalue weighted by molar-refractivity contribution is 9.10. The van der Waals surface area contributed by atoms with E-state index in [4.69, 9.17) is 24.7 Å². The van der Waals surface area contributed by atoms with Crippen LogP contribution in [0.15, 0.2) is 106 Å². The summed E-state index contributed by atoms with van der Waals surface area (Å²) < 4.78 is 37.2. The molecule has 0 bridgehead atoms. The molecule has 2 aromatic carbocycles. The van der Waals surface area contributed by atoms with E-state index in [0.29, 0.717) is 13.1 Å². The SMILES string of the molecule is CCc1nc2ccc(Br)cn2c1N(C)c1nc(-c2ccc(F)cc2)cs1.CCc1nc2ccc(C3=CCN(C(=O)OC(C)(C)C)CC3)cn2c1N(C)c1nc(-c2ccc(F)cc2)cs1. The first-order valence-electron chi connectivity index (χ1n) is 20.9. The molecule has 1 aliphatic heterocycles. The third kappa shape index (κ3) is 9.59. The van der Waals surface area contributed by atoms with Crippen molar-refractivity contribution in [1.29, 1.82) is 0 Å². The van der Waals surface area contributed by atoms with Gasteiger partial charge in [0.1, 0.15) is 40.2 Å². The molecule has 0 saturated heterocycles. The molecule has 330 valence electrons. The van der Waals surface area contributed by atoms with Crippen LogP contribution in [0.4, 0.5) is 35.5 Å². The molecule has 6 aromatic heterocycles. The zero-order valence-electron chi connectivity index (χ0n) is 36.6. The van der Waals surface area contributed by atoms with E-state index in [9.17, 15) is 13.6 Å². The van der Waals surface area contributed by atoms with Crippen LogP contribution < -0.4 is 9.80 Å². The van der Waals surface area contributed by atoms with Gasteiger partial charge in [0.25, 0.3) is 0 Å². The number of anilines is 4. The van der Waals surface area contributed by atoms with Gasteiger partial charge in [0.05, 0.1) is 22.8 Å². The van der Waals surface area contributed by atoms with Gasteiger partial charge in [0, 0.05) is 65.9 Å². The van der Waals surface area contributed by atoms with Crippen LogP contribution >= 0.6 is 38.6 Å². The van der Waals surface area contributed by atoms with Gasteiger partial charge >= 0.3 is 6.09 Å². The summed E-state index contributed by atoms with van der Waals surface area (Å²) in [4.78, 5) is 37.5. The maximum Gasteiger partial charge on any atom is 0.410 e. The van der Waals surface area contributed by atoms with Crippen molar-refractivity contribution >= 4 is 83.5 Å². The van der Waals surface area contributed by atoms with E-state index >= 15 is 0 Å². The van der Waals surface area contributed by atoms with Crippen LogP contribution in [0.3, 0.4) is 0 Å². The molecule has 0 radical (unpaired) electrons. The molecule has 0 fully saturated rings. The molecule has 0 atom stereocenters. The lowest BCUT2D eigenvalue weighted by molar-refractivity contribution is 0.0270. The van der Waals surface area contributed by atoms with Crippen molar-refractivity contribution in [3.05, 3.63) is 135 Å². The number of carbonyl (C=O) groups is 1. The minimum Gasteiger partial charge on any atom is -0.444 e. The highest BCUT2D eigenvalue weighted by atomic mass is 79.9. The molecule has 8 aromatic rings. The summed E-state index contributed by atoms with van der Waals surface area (Å²) >= 11 is 6.63. The topological polar surface area (TPSA) is 96.4 Å². The Labute approximate surface area is 387 Å². The zero-order chi connectivity index (χ0) is 45.3. The summed E-state index contributed by atoms with van der Waals surface area (Å²) in [5.74, 6) is 1.46. The molecule has 0 spiro atoms. The Bertz CT molecular complexity index is 2970. The first-order valence-corrected chi connectivity index (χ1v) is 23.5. The fraction of sp³-hybridized carbons (Fsp3) is 0.271. The number of amides is 1. The quantitative estimate of drug-likeness (QED) is 0.141. The first-order chi connectivity index (χ1) is 30.7. The number of pyridine rings is 2. The maximum atomic E-state index is 13.4. The lowest BCUT2D eigenvalue weighted by atomic mass is 10.0. The number of benzene rings is 2. The van der Waals surface area contributed by atoms with Crippen molar-refractivity contribution in [1.82, 2.24) is 33.6 Å². The Morgan fingerprint density at radius 1 is 0.719 bits per heavy atom. The van der Waals surface area contributed by atoms with Gasteiger partial charge < -0.3 is 19.4 Å². The summed E-state index contributed by atoms with van der Waals surface area (Å²) in [6.07, 6.45) is 8.32. The summed E-state index contributed by atoms with van der Waals surface area (Å²) in [5, 5.41) is 5.67. The monoisotopic (exact) mass is 963 g/mol. The average molecular weight is 965 g/mol. The van der Waals surface area contributed by atoms with E-state index in [-0.39, 0.29) is 17.7 Å². The number of fused-ring (bicyclic) bond motifs is 2. The Kier molecular flexibility index (Phi) is 13.0. The van der Waals surface area contributed by atoms with E-state index in [1.165, 1.54) is 29.8 Å². The van der Waals surface area contributed by atoms with E-state index in [0.717, 1.165) is 96.4 Å². The fourth-order valence-electron chi connectivity index (χ4n) is 7.46. The molecule has 0 unspecified atom stereocenters. The summed E-state index contributed by atoms with van der Waals surface area (Å²) in [5.41, 5.74) is 8.99. The number of aryl methyl sites for hydroxylation is 2. The van der Waals surface area contributed by atoms with Crippen LogP contribution in [0.25, 0.3) is 39.4 Å². The van der Waals surface area contributed by atoms with Crippen molar-refractivity contribution in [2.24, 2.45) is 0 Å². The molecule has 64 heavy (non-hydrogen) atoms. The van der Waals surface area contributed by atoms with Crippen LogP contribution in [0, 0.1) is 11.6 Å². The molecule has 1 amide bonds. The number of hydrogen-bond acceptors (Lipinski definition) is 10. The number of nitrogens with zero attached hydrogens (tertiary/aromatic N) is 9.